The molecule has 1 aliphatic rings. The van der Waals surface area contributed by atoms with Crippen LogP contribution < -0.4 is 10.1 Å². The Kier molecular flexibility index (Phi) is 4.53. The minimum Gasteiger partial charge on any atom is -0.294 e. The van der Waals surface area contributed by atoms with Crippen LogP contribution in [-0.2, 0) is 4.57 Å². The molecule has 3 aromatic rings. The van der Waals surface area contributed by atoms with Crippen LogP contribution >= 0.6 is 18.6 Å². The van der Waals surface area contributed by atoms with Gasteiger partial charge in [0.2, 0.25) is 7.29 Å². The SMILES string of the molecule is O=[P@@](c1ccccc1)(c1nc2ccccc2s1)N1CCCCCC1. The fourth-order valence-corrected chi connectivity index (χ4v) is 7.96. The van der Waals surface area contributed by atoms with Gasteiger partial charge in [-0.2, -0.15) is 0 Å². The Hall–Kier alpha value is -1.48. The molecule has 0 saturated carbocycles. The van der Waals surface area contributed by atoms with Crippen molar-refractivity contribution in [2.24, 2.45) is 0 Å². The van der Waals surface area contributed by atoms with Crippen molar-refractivity contribution in [3.63, 3.8) is 0 Å². The lowest BCUT2D eigenvalue weighted by molar-refractivity contribution is 0.435. The first kappa shape index (κ1) is 16.0. The molecule has 1 atom stereocenters. The van der Waals surface area contributed by atoms with Crippen molar-refractivity contribution in [3.05, 3.63) is 54.6 Å². The molecule has 2 heterocycles. The van der Waals surface area contributed by atoms with Crippen molar-refractivity contribution in [1.82, 2.24) is 9.65 Å². The number of hydrogen-bond acceptors (Lipinski definition) is 3. The van der Waals surface area contributed by atoms with Crippen LogP contribution in [0.5, 0.6) is 0 Å². The highest BCUT2D eigenvalue weighted by atomic mass is 32.1. The van der Waals surface area contributed by atoms with Gasteiger partial charge in [0.25, 0.3) is 0 Å². The predicted molar refractivity (Wildman–Crippen MR) is 103 cm³/mol. The number of fused-ring (bicyclic) bond motifs is 1. The van der Waals surface area contributed by atoms with E-state index in [1.54, 1.807) is 11.3 Å². The number of thiazole rings is 1. The van der Waals surface area contributed by atoms with E-state index in [1.165, 1.54) is 12.8 Å². The molecule has 124 valence electrons. The highest BCUT2D eigenvalue weighted by Gasteiger charge is 2.37. The van der Waals surface area contributed by atoms with Gasteiger partial charge in [-0.3, -0.25) is 4.57 Å². The van der Waals surface area contributed by atoms with E-state index in [4.69, 9.17) is 4.98 Å². The van der Waals surface area contributed by atoms with E-state index >= 15 is 0 Å². The Bertz CT molecular complexity index is 836. The summed E-state index contributed by atoms with van der Waals surface area (Å²) in [5.74, 6) is 0. The summed E-state index contributed by atoms with van der Waals surface area (Å²) in [6, 6.07) is 18.0. The van der Waals surface area contributed by atoms with Gasteiger partial charge in [-0.05, 0) is 37.1 Å². The average molecular weight is 356 g/mol. The third-order valence-electron chi connectivity index (χ3n) is 4.63. The monoisotopic (exact) mass is 356 g/mol. The van der Waals surface area contributed by atoms with Crippen molar-refractivity contribution in [1.29, 1.82) is 0 Å². The minimum atomic E-state index is -2.86. The highest BCUT2D eigenvalue weighted by molar-refractivity contribution is 7.81. The van der Waals surface area contributed by atoms with E-state index in [0.29, 0.717) is 0 Å². The molecular weight excluding hydrogens is 335 g/mol. The summed E-state index contributed by atoms with van der Waals surface area (Å²) in [5, 5.41) is 0.908. The molecule has 0 radical (unpaired) electrons. The van der Waals surface area contributed by atoms with Crippen molar-refractivity contribution in [2.75, 3.05) is 13.1 Å². The molecule has 0 spiro atoms. The molecule has 0 amide bonds. The predicted octanol–water partition coefficient (Wildman–Crippen LogP) is 4.40. The second-order valence-electron chi connectivity index (χ2n) is 6.24. The van der Waals surface area contributed by atoms with E-state index in [2.05, 4.69) is 10.7 Å². The lowest BCUT2D eigenvalue weighted by Crippen LogP contribution is -2.33. The summed E-state index contributed by atoms with van der Waals surface area (Å²) in [6.07, 6.45) is 4.68. The molecule has 0 N–H and O–H groups in total. The van der Waals surface area contributed by atoms with Gasteiger partial charge < -0.3 is 0 Å². The van der Waals surface area contributed by atoms with Gasteiger partial charge >= 0.3 is 0 Å². The molecular formula is C19H21N2OPS. The summed E-state index contributed by atoms with van der Waals surface area (Å²) in [6.45, 7) is 1.78. The van der Waals surface area contributed by atoms with Crippen molar-refractivity contribution >= 4 is 38.9 Å². The second-order valence-corrected chi connectivity index (χ2v) is 10.2. The van der Waals surface area contributed by atoms with Gasteiger partial charge in [0, 0.05) is 18.4 Å². The number of aromatic nitrogens is 1. The fraction of sp³-hybridized carbons (Fsp3) is 0.316. The Labute approximate surface area is 146 Å². The molecule has 1 saturated heterocycles. The van der Waals surface area contributed by atoms with Gasteiger partial charge in [0.15, 0.2) is 4.75 Å². The number of hydrogen-bond donors (Lipinski definition) is 0. The molecule has 1 aliphatic heterocycles. The Morgan fingerprint density at radius 3 is 2.25 bits per heavy atom. The Morgan fingerprint density at radius 2 is 1.54 bits per heavy atom. The molecule has 24 heavy (non-hydrogen) atoms. The summed E-state index contributed by atoms with van der Waals surface area (Å²) < 4.78 is 18.5. The van der Waals surface area contributed by atoms with Crippen LogP contribution in [0.4, 0.5) is 0 Å². The molecule has 3 nitrogen and oxygen atoms in total. The second kappa shape index (κ2) is 6.79. The summed E-state index contributed by atoms with van der Waals surface area (Å²) in [5.41, 5.74) is 0.948. The van der Waals surface area contributed by atoms with Crippen LogP contribution in [0.1, 0.15) is 25.7 Å². The number of rotatable bonds is 3. The number of para-hydroxylation sites is 1. The van der Waals surface area contributed by atoms with Crippen molar-refractivity contribution in [3.8, 4) is 0 Å². The Morgan fingerprint density at radius 1 is 0.875 bits per heavy atom. The molecule has 5 heteroatoms. The molecule has 0 aliphatic carbocycles. The zero-order valence-electron chi connectivity index (χ0n) is 13.6. The maximum absolute atomic E-state index is 14.4. The zero-order chi connectivity index (χ0) is 16.4. The van der Waals surface area contributed by atoms with Crippen LogP contribution in [0.2, 0.25) is 0 Å². The van der Waals surface area contributed by atoms with E-state index in [-0.39, 0.29) is 0 Å². The topological polar surface area (TPSA) is 33.2 Å². The average Bonchev–Trinajstić information content (AvgIpc) is 2.88. The van der Waals surface area contributed by atoms with Gasteiger partial charge in [0.1, 0.15) is 0 Å². The van der Waals surface area contributed by atoms with E-state index in [9.17, 15) is 4.57 Å². The van der Waals surface area contributed by atoms with Gasteiger partial charge in [-0.25, -0.2) is 9.65 Å². The van der Waals surface area contributed by atoms with E-state index in [1.807, 2.05) is 48.5 Å². The standard InChI is InChI=1S/C19H21N2OPS/c22-23(16-10-4-3-5-11-16,21-14-8-1-2-9-15-21)19-20-17-12-6-7-13-18(17)24-19/h3-7,10-13H,1-2,8-9,14-15H2/t23-/m0/s1. The molecule has 2 aromatic carbocycles. The zero-order valence-corrected chi connectivity index (χ0v) is 15.3. The minimum absolute atomic E-state index is 0.775. The maximum atomic E-state index is 14.4. The molecule has 1 fully saturated rings. The summed E-state index contributed by atoms with van der Waals surface area (Å²) >= 11 is 1.58. The van der Waals surface area contributed by atoms with Gasteiger partial charge in [0.05, 0.1) is 10.2 Å². The highest BCUT2D eigenvalue weighted by Crippen LogP contribution is 2.49. The van der Waals surface area contributed by atoms with Gasteiger partial charge in [-0.1, -0.05) is 43.2 Å². The van der Waals surface area contributed by atoms with Crippen LogP contribution in [0.25, 0.3) is 10.2 Å². The normalized spacial score (nSPS) is 19.0. The van der Waals surface area contributed by atoms with Crippen LogP contribution in [0.15, 0.2) is 54.6 Å². The fourth-order valence-electron chi connectivity index (χ4n) is 3.35. The van der Waals surface area contributed by atoms with Crippen molar-refractivity contribution in [2.45, 2.75) is 25.7 Å². The maximum Gasteiger partial charge on any atom is 0.234 e. The summed E-state index contributed by atoms with van der Waals surface area (Å²) in [7, 11) is -2.86. The van der Waals surface area contributed by atoms with Crippen LogP contribution in [0.3, 0.4) is 0 Å². The van der Waals surface area contributed by atoms with Gasteiger partial charge in [-0.15, -0.1) is 11.3 Å². The molecule has 4 rings (SSSR count). The van der Waals surface area contributed by atoms with Crippen molar-refractivity contribution < 1.29 is 4.57 Å². The summed E-state index contributed by atoms with van der Waals surface area (Å²) in [4.78, 5) is 4.78. The van der Waals surface area contributed by atoms with E-state index < -0.39 is 7.29 Å². The molecule has 0 unspecified atom stereocenters. The first-order valence-electron chi connectivity index (χ1n) is 8.56. The number of benzene rings is 2. The quantitative estimate of drug-likeness (QED) is 0.652. The first-order valence-corrected chi connectivity index (χ1v) is 11.0. The smallest absolute Gasteiger partial charge is 0.234 e. The largest absolute Gasteiger partial charge is 0.294 e. The van der Waals surface area contributed by atoms with Crippen LogP contribution in [-0.4, -0.2) is 22.7 Å². The Balaban J connectivity index is 1.87. The molecule has 1 aromatic heterocycles. The number of nitrogens with zero attached hydrogens (tertiary/aromatic N) is 2. The third-order valence-corrected chi connectivity index (χ3v) is 9.30. The lowest BCUT2D eigenvalue weighted by atomic mass is 10.2. The third kappa shape index (κ3) is 2.83. The van der Waals surface area contributed by atoms with Crippen LogP contribution in [0, 0.1) is 0 Å². The van der Waals surface area contributed by atoms with E-state index in [0.717, 1.165) is 46.2 Å². The first-order chi connectivity index (χ1) is 11.8. The molecule has 0 bridgehead atoms. The lowest BCUT2D eigenvalue weighted by Gasteiger charge is -2.29.